The number of carbonyl (C=O) groups excluding carboxylic acids is 1. The standard InChI is InChI=1S/C18H30N2O2/c1-13(2)20(14(3)4)18(21)12-19(6)11-16-8-9-17(22-7)15(5)10-16/h8-10,13-14H,11-12H2,1-7H3. The van der Waals surface area contributed by atoms with Gasteiger partial charge in [-0.15, -0.1) is 0 Å². The van der Waals surface area contributed by atoms with Gasteiger partial charge < -0.3 is 9.64 Å². The molecule has 0 saturated heterocycles. The second-order valence-corrected chi connectivity index (χ2v) is 6.46. The normalized spacial score (nSPS) is 11.4. The number of rotatable bonds is 7. The Bertz CT molecular complexity index is 490. The van der Waals surface area contributed by atoms with Crippen molar-refractivity contribution in [1.82, 2.24) is 9.80 Å². The van der Waals surface area contributed by atoms with E-state index in [-0.39, 0.29) is 18.0 Å². The molecule has 1 aromatic rings. The van der Waals surface area contributed by atoms with Crippen LogP contribution in [0.15, 0.2) is 18.2 Å². The number of benzene rings is 1. The smallest absolute Gasteiger partial charge is 0.237 e. The number of likely N-dealkylation sites (N-methyl/N-ethyl adjacent to an activating group) is 1. The van der Waals surface area contributed by atoms with Crippen LogP contribution in [-0.2, 0) is 11.3 Å². The monoisotopic (exact) mass is 306 g/mol. The Labute approximate surface area is 135 Å². The number of methoxy groups -OCH3 is 1. The lowest BCUT2D eigenvalue weighted by Crippen LogP contribution is -2.46. The minimum Gasteiger partial charge on any atom is -0.496 e. The summed E-state index contributed by atoms with van der Waals surface area (Å²) < 4.78 is 5.28. The fourth-order valence-electron chi connectivity index (χ4n) is 2.89. The van der Waals surface area contributed by atoms with Gasteiger partial charge >= 0.3 is 0 Å². The molecule has 0 aliphatic carbocycles. The Balaban J connectivity index is 2.67. The molecule has 0 aliphatic heterocycles. The van der Waals surface area contributed by atoms with E-state index in [1.165, 1.54) is 5.56 Å². The Morgan fingerprint density at radius 2 is 1.77 bits per heavy atom. The molecule has 124 valence electrons. The van der Waals surface area contributed by atoms with Crippen molar-refractivity contribution in [2.45, 2.75) is 53.2 Å². The minimum absolute atomic E-state index is 0.178. The van der Waals surface area contributed by atoms with Crippen LogP contribution in [0, 0.1) is 6.92 Å². The van der Waals surface area contributed by atoms with Gasteiger partial charge in [-0.1, -0.05) is 12.1 Å². The van der Waals surface area contributed by atoms with E-state index in [4.69, 9.17) is 4.74 Å². The van der Waals surface area contributed by atoms with Crippen molar-refractivity contribution in [2.75, 3.05) is 20.7 Å². The number of aryl methyl sites for hydroxylation is 1. The predicted octanol–water partition coefficient (Wildman–Crippen LogP) is 3.08. The molecule has 22 heavy (non-hydrogen) atoms. The van der Waals surface area contributed by atoms with Crippen molar-refractivity contribution in [3.63, 3.8) is 0 Å². The first-order valence-electron chi connectivity index (χ1n) is 7.89. The number of ether oxygens (including phenoxy) is 1. The SMILES string of the molecule is COc1ccc(CN(C)CC(=O)N(C(C)C)C(C)C)cc1C. The van der Waals surface area contributed by atoms with Crippen LogP contribution in [-0.4, -0.2) is 48.5 Å². The third-order valence-corrected chi connectivity index (χ3v) is 3.72. The summed E-state index contributed by atoms with van der Waals surface area (Å²) in [4.78, 5) is 16.5. The fourth-order valence-corrected chi connectivity index (χ4v) is 2.89. The van der Waals surface area contributed by atoms with E-state index in [2.05, 4.69) is 44.7 Å². The summed E-state index contributed by atoms with van der Waals surface area (Å²) in [7, 11) is 3.66. The van der Waals surface area contributed by atoms with Gasteiger partial charge in [0.05, 0.1) is 13.7 Å². The van der Waals surface area contributed by atoms with Crippen LogP contribution in [0.25, 0.3) is 0 Å². The van der Waals surface area contributed by atoms with Crippen LogP contribution >= 0.6 is 0 Å². The summed E-state index contributed by atoms with van der Waals surface area (Å²) in [5, 5.41) is 0. The molecule has 0 bridgehead atoms. The summed E-state index contributed by atoms with van der Waals surface area (Å²) in [6.07, 6.45) is 0. The maximum atomic E-state index is 12.5. The van der Waals surface area contributed by atoms with E-state index in [9.17, 15) is 4.79 Å². The van der Waals surface area contributed by atoms with Gasteiger partial charge in [0, 0.05) is 18.6 Å². The van der Waals surface area contributed by atoms with Crippen LogP contribution in [0.2, 0.25) is 0 Å². The molecule has 0 radical (unpaired) electrons. The number of carbonyl (C=O) groups is 1. The largest absolute Gasteiger partial charge is 0.496 e. The van der Waals surface area contributed by atoms with Gasteiger partial charge in [0.1, 0.15) is 5.75 Å². The van der Waals surface area contributed by atoms with Gasteiger partial charge in [-0.25, -0.2) is 0 Å². The molecule has 1 rings (SSSR count). The highest BCUT2D eigenvalue weighted by molar-refractivity contribution is 5.78. The molecule has 0 heterocycles. The van der Waals surface area contributed by atoms with Crippen molar-refractivity contribution >= 4 is 5.91 Å². The highest BCUT2D eigenvalue weighted by atomic mass is 16.5. The predicted molar refractivity (Wildman–Crippen MR) is 91.2 cm³/mol. The molecule has 0 unspecified atom stereocenters. The van der Waals surface area contributed by atoms with Gasteiger partial charge in [-0.3, -0.25) is 9.69 Å². The summed E-state index contributed by atoms with van der Waals surface area (Å²) in [6, 6.07) is 6.60. The summed E-state index contributed by atoms with van der Waals surface area (Å²) >= 11 is 0. The van der Waals surface area contributed by atoms with Gasteiger partial charge in [0.15, 0.2) is 0 Å². The summed E-state index contributed by atoms with van der Waals surface area (Å²) in [6.45, 7) is 11.5. The molecule has 4 nitrogen and oxygen atoms in total. The van der Waals surface area contributed by atoms with Crippen LogP contribution in [0.3, 0.4) is 0 Å². The Morgan fingerprint density at radius 1 is 1.18 bits per heavy atom. The van der Waals surface area contributed by atoms with Crippen molar-refractivity contribution < 1.29 is 9.53 Å². The molecule has 0 aromatic heterocycles. The van der Waals surface area contributed by atoms with Crippen LogP contribution in [0.1, 0.15) is 38.8 Å². The molecule has 0 aliphatic rings. The van der Waals surface area contributed by atoms with E-state index >= 15 is 0 Å². The third-order valence-electron chi connectivity index (χ3n) is 3.72. The first kappa shape index (κ1) is 18.5. The molecule has 0 saturated carbocycles. The molecule has 1 amide bonds. The lowest BCUT2D eigenvalue weighted by molar-refractivity contribution is -0.135. The Hall–Kier alpha value is -1.55. The number of hydrogen-bond acceptors (Lipinski definition) is 3. The molecule has 0 atom stereocenters. The number of hydrogen-bond donors (Lipinski definition) is 0. The van der Waals surface area contributed by atoms with Crippen molar-refractivity contribution in [3.05, 3.63) is 29.3 Å². The summed E-state index contributed by atoms with van der Waals surface area (Å²) in [5.74, 6) is 1.08. The van der Waals surface area contributed by atoms with E-state index in [0.29, 0.717) is 6.54 Å². The Kier molecular flexibility index (Phi) is 6.88. The lowest BCUT2D eigenvalue weighted by Gasteiger charge is -2.32. The maximum absolute atomic E-state index is 12.5. The van der Waals surface area contributed by atoms with E-state index in [1.54, 1.807) is 7.11 Å². The highest BCUT2D eigenvalue weighted by Crippen LogP contribution is 2.19. The van der Waals surface area contributed by atoms with Gasteiger partial charge in [0.2, 0.25) is 5.91 Å². The van der Waals surface area contributed by atoms with Crippen molar-refractivity contribution in [1.29, 1.82) is 0 Å². The molecule has 0 spiro atoms. The molecule has 1 aromatic carbocycles. The molecular formula is C18H30N2O2. The molecular weight excluding hydrogens is 276 g/mol. The first-order valence-corrected chi connectivity index (χ1v) is 7.89. The van der Waals surface area contributed by atoms with E-state index in [0.717, 1.165) is 17.9 Å². The van der Waals surface area contributed by atoms with Crippen LogP contribution < -0.4 is 4.74 Å². The van der Waals surface area contributed by atoms with Crippen LogP contribution in [0.4, 0.5) is 0 Å². The third kappa shape index (κ3) is 5.02. The van der Waals surface area contributed by atoms with Crippen LogP contribution in [0.5, 0.6) is 5.75 Å². The first-order chi connectivity index (χ1) is 10.3. The van der Waals surface area contributed by atoms with Gasteiger partial charge in [-0.2, -0.15) is 0 Å². The molecule has 0 fully saturated rings. The van der Waals surface area contributed by atoms with Gasteiger partial charge in [-0.05, 0) is 58.9 Å². The average Bonchev–Trinajstić information content (AvgIpc) is 2.37. The van der Waals surface area contributed by atoms with Crippen molar-refractivity contribution in [2.24, 2.45) is 0 Å². The maximum Gasteiger partial charge on any atom is 0.237 e. The van der Waals surface area contributed by atoms with E-state index < -0.39 is 0 Å². The second-order valence-electron chi connectivity index (χ2n) is 6.46. The molecule has 0 N–H and O–H groups in total. The van der Waals surface area contributed by atoms with Gasteiger partial charge in [0.25, 0.3) is 0 Å². The lowest BCUT2D eigenvalue weighted by atomic mass is 10.1. The number of nitrogens with zero attached hydrogens (tertiary/aromatic N) is 2. The zero-order valence-electron chi connectivity index (χ0n) is 15.0. The zero-order chi connectivity index (χ0) is 16.9. The second kappa shape index (κ2) is 8.18. The zero-order valence-corrected chi connectivity index (χ0v) is 15.0. The topological polar surface area (TPSA) is 32.8 Å². The van der Waals surface area contributed by atoms with E-state index in [1.807, 2.05) is 24.9 Å². The molecule has 4 heteroatoms. The quantitative estimate of drug-likeness (QED) is 0.776. The summed E-state index contributed by atoms with van der Waals surface area (Å²) in [5.41, 5.74) is 2.31. The Morgan fingerprint density at radius 3 is 2.23 bits per heavy atom. The minimum atomic E-state index is 0.178. The average molecular weight is 306 g/mol. The van der Waals surface area contributed by atoms with Crippen molar-refractivity contribution in [3.8, 4) is 5.75 Å². The highest BCUT2D eigenvalue weighted by Gasteiger charge is 2.21. The number of amides is 1. The fraction of sp³-hybridized carbons (Fsp3) is 0.611.